The van der Waals surface area contributed by atoms with Crippen molar-refractivity contribution in [3.63, 3.8) is 0 Å². The Balaban J connectivity index is 1.51. The summed E-state index contributed by atoms with van der Waals surface area (Å²) < 4.78 is 1.89. The third-order valence-electron chi connectivity index (χ3n) is 4.82. The second-order valence-corrected chi connectivity index (χ2v) is 6.48. The van der Waals surface area contributed by atoms with Gasteiger partial charge in [0.05, 0.1) is 11.4 Å². The van der Waals surface area contributed by atoms with Crippen LogP contribution >= 0.6 is 0 Å². The molecule has 0 spiro atoms. The van der Waals surface area contributed by atoms with Gasteiger partial charge in [0.1, 0.15) is 0 Å². The van der Waals surface area contributed by atoms with E-state index in [2.05, 4.69) is 22.3 Å². The molecule has 0 radical (unpaired) electrons. The van der Waals surface area contributed by atoms with Gasteiger partial charge in [-0.2, -0.15) is 5.10 Å². The first-order chi connectivity index (χ1) is 11.5. The topological polar surface area (TPSA) is 63.1 Å². The van der Waals surface area contributed by atoms with Crippen molar-refractivity contribution < 1.29 is 4.79 Å². The zero-order valence-corrected chi connectivity index (χ0v) is 14.6. The minimum atomic E-state index is 0.230. The molecule has 1 aliphatic heterocycles. The largest absolute Gasteiger partial charge is 0.379 e. The summed E-state index contributed by atoms with van der Waals surface area (Å²) in [5, 5.41) is 7.87. The average Bonchev–Trinajstić information content (AvgIpc) is 3.12. The number of carbonyl (C=O) groups excluding carboxylic acids is 1. The fourth-order valence-electron chi connectivity index (χ4n) is 3.36. The van der Waals surface area contributed by atoms with Crippen LogP contribution in [-0.4, -0.2) is 44.7 Å². The van der Waals surface area contributed by atoms with E-state index in [9.17, 15) is 4.79 Å². The smallest absolute Gasteiger partial charge is 0.222 e. The number of anilines is 1. The van der Waals surface area contributed by atoms with Crippen LogP contribution in [0.15, 0.2) is 24.5 Å². The molecule has 6 heteroatoms. The summed E-state index contributed by atoms with van der Waals surface area (Å²) in [6.07, 6.45) is 5.87. The maximum absolute atomic E-state index is 12.5. The Bertz CT molecular complexity index is 710. The van der Waals surface area contributed by atoms with Gasteiger partial charge in [0.25, 0.3) is 0 Å². The van der Waals surface area contributed by atoms with Crippen molar-refractivity contribution in [2.45, 2.75) is 39.2 Å². The fourth-order valence-corrected chi connectivity index (χ4v) is 3.36. The summed E-state index contributed by atoms with van der Waals surface area (Å²) in [5.74, 6) is 0.230. The van der Waals surface area contributed by atoms with Gasteiger partial charge in [-0.1, -0.05) is 0 Å². The number of amides is 1. The minimum Gasteiger partial charge on any atom is -0.379 e. The molecule has 0 bridgehead atoms. The number of aromatic nitrogens is 3. The predicted molar refractivity (Wildman–Crippen MR) is 93.8 cm³/mol. The number of likely N-dealkylation sites (tertiary alicyclic amines) is 1. The van der Waals surface area contributed by atoms with E-state index in [4.69, 9.17) is 0 Å². The molecule has 3 heterocycles. The third-order valence-corrected chi connectivity index (χ3v) is 4.82. The molecule has 0 saturated carbocycles. The molecular weight excluding hydrogens is 302 g/mol. The summed E-state index contributed by atoms with van der Waals surface area (Å²) in [6, 6.07) is 4.23. The fraction of sp³-hybridized carbons (Fsp3) is 0.500. The standard InChI is InChI=1S/C18H25N5O/c1-13-17(14(2)22(3)21-13)6-7-18(24)23-10-8-16(12-23)20-15-5-4-9-19-11-15/h4-5,9,11,16,20H,6-8,10,12H2,1-3H3/t16-/m1/s1. The van der Waals surface area contributed by atoms with Crippen LogP contribution in [0, 0.1) is 13.8 Å². The van der Waals surface area contributed by atoms with Gasteiger partial charge >= 0.3 is 0 Å². The monoisotopic (exact) mass is 327 g/mol. The molecule has 128 valence electrons. The zero-order valence-electron chi connectivity index (χ0n) is 14.6. The molecule has 1 amide bonds. The van der Waals surface area contributed by atoms with Gasteiger partial charge in [-0.3, -0.25) is 14.5 Å². The number of nitrogens with zero attached hydrogens (tertiary/aromatic N) is 4. The second kappa shape index (κ2) is 7.03. The molecule has 0 unspecified atom stereocenters. The molecule has 1 aliphatic rings. The quantitative estimate of drug-likeness (QED) is 0.913. The number of hydrogen-bond donors (Lipinski definition) is 1. The van der Waals surface area contributed by atoms with E-state index >= 15 is 0 Å². The molecule has 1 saturated heterocycles. The lowest BCUT2D eigenvalue weighted by Gasteiger charge is -2.17. The Morgan fingerprint density at radius 2 is 2.25 bits per heavy atom. The van der Waals surface area contributed by atoms with Gasteiger partial charge in [0.15, 0.2) is 0 Å². The Labute approximate surface area is 142 Å². The number of hydrogen-bond acceptors (Lipinski definition) is 4. The lowest BCUT2D eigenvalue weighted by molar-refractivity contribution is -0.130. The van der Waals surface area contributed by atoms with Crippen molar-refractivity contribution in [3.8, 4) is 0 Å². The highest BCUT2D eigenvalue weighted by molar-refractivity contribution is 5.77. The Morgan fingerprint density at radius 3 is 2.92 bits per heavy atom. The third kappa shape index (κ3) is 3.58. The van der Waals surface area contributed by atoms with Crippen molar-refractivity contribution in [2.75, 3.05) is 18.4 Å². The molecule has 24 heavy (non-hydrogen) atoms. The van der Waals surface area contributed by atoms with E-state index in [-0.39, 0.29) is 5.91 Å². The van der Waals surface area contributed by atoms with Crippen LogP contribution in [0.5, 0.6) is 0 Å². The Kier molecular flexibility index (Phi) is 4.83. The number of carbonyl (C=O) groups is 1. The zero-order chi connectivity index (χ0) is 17.1. The van der Waals surface area contributed by atoms with Crippen molar-refractivity contribution in [1.82, 2.24) is 19.7 Å². The van der Waals surface area contributed by atoms with Gasteiger partial charge in [-0.25, -0.2) is 0 Å². The number of rotatable bonds is 5. The van der Waals surface area contributed by atoms with Crippen LogP contribution in [0.3, 0.4) is 0 Å². The molecule has 0 aromatic carbocycles. The maximum atomic E-state index is 12.5. The minimum absolute atomic E-state index is 0.230. The van der Waals surface area contributed by atoms with Crippen LogP contribution in [0.4, 0.5) is 5.69 Å². The van der Waals surface area contributed by atoms with E-state index < -0.39 is 0 Å². The second-order valence-electron chi connectivity index (χ2n) is 6.48. The van der Waals surface area contributed by atoms with Gasteiger partial charge in [-0.15, -0.1) is 0 Å². The number of aryl methyl sites for hydroxylation is 2. The highest BCUT2D eigenvalue weighted by atomic mass is 16.2. The molecule has 1 fully saturated rings. The van der Waals surface area contributed by atoms with Crippen molar-refractivity contribution in [3.05, 3.63) is 41.5 Å². The van der Waals surface area contributed by atoms with Crippen LogP contribution in [0.25, 0.3) is 0 Å². The molecule has 1 N–H and O–H groups in total. The molecular formula is C18H25N5O. The summed E-state index contributed by atoms with van der Waals surface area (Å²) in [6.45, 7) is 5.65. The lowest BCUT2D eigenvalue weighted by Crippen LogP contribution is -2.31. The van der Waals surface area contributed by atoms with Crippen LogP contribution < -0.4 is 5.32 Å². The Hall–Kier alpha value is -2.37. The Morgan fingerprint density at radius 1 is 1.42 bits per heavy atom. The number of nitrogens with one attached hydrogen (secondary N) is 1. The average molecular weight is 327 g/mol. The van der Waals surface area contributed by atoms with Crippen molar-refractivity contribution in [1.29, 1.82) is 0 Å². The van der Waals surface area contributed by atoms with Crippen LogP contribution in [0.2, 0.25) is 0 Å². The number of pyridine rings is 1. The normalized spacial score (nSPS) is 17.3. The summed E-state index contributed by atoms with van der Waals surface area (Å²) in [4.78, 5) is 18.6. The highest BCUT2D eigenvalue weighted by Crippen LogP contribution is 2.18. The molecule has 1 atom stereocenters. The van der Waals surface area contributed by atoms with E-state index in [1.807, 2.05) is 41.9 Å². The summed E-state index contributed by atoms with van der Waals surface area (Å²) >= 11 is 0. The van der Waals surface area contributed by atoms with E-state index in [0.717, 1.165) is 43.0 Å². The molecule has 6 nitrogen and oxygen atoms in total. The van der Waals surface area contributed by atoms with Crippen molar-refractivity contribution >= 4 is 11.6 Å². The molecule has 0 aliphatic carbocycles. The maximum Gasteiger partial charge on any atom is 0.222 e. The summed E-state index contributed by atoms with van der Waals surface area (Å²) in [7, 11) is 1.95. The first kappa shape index (κ1) is 16.5. The molecule has 2 aromatic rings. The SMILES string of the molecule is Cc1nn(C)c(C)c1CCC(=O)N1CC[C@@H](Nc2cccnc2)C1. The summed E-state index contributed by atoms with van der Waals surface area (Å²) in [5.41, 5.74) is 4.40. The van der Waals surface area contributed by atoms with Gasteiger partial charge in [0, 0.05) is 50.7 Å². The van der Waals surface area contributed by atoms with E-state index in [1.165, 1.54) is 5.56 Å². The van der Waals surface area contributed by atoms with E-state index in [1.54, 1.807) is 6.20 Å². The predicted octanol–water partition coefficient (Wildman–Crippen LogP) is 2.08. The van der Waals surface area contributed by atoms with Crippen molar-refractivity contribution in [2.24, 2.45) is 7.05 Å². The molecule has 2 aromatic heterocycles. The first-order valence-electron chi connectivity index (χ1n) is 8.48. The lowest BCUT2D eigenvalue weighted by atomic mass is 10.1. The van der Waals surface area contributed by atoms with Gasteiger partial charge in [0.2, 0.25) is 5.91 Å². The molecule has 3 rings (SSSR count). The van der Waals surface area contributed by atoms with Crippen LogP contribution in [0.1, 0.15) is 29.8 Å². The van der Waals surface area contributed by atoms with E-state index in [0.29, 0.717) is 12.5 Å². The highest BCUT2D eigenvalue weighted by Gasteiger charge is 2.26. The first-order valence-corrected chi connectivity index (χ1v) is 8.48. The van der Waals surface area contributed by atoms with Gasteiger partial charge < -0.3 is 10.2 Å². The van der Waals surface area contributed by atoms with Gasteiger partial charge in [-0.05, 0) is 44.4 Å². The van der Waals surface area contributed by atoms with Crippen LogP contribution in [-0.2, 0) is 18.3 Å².